The van der Waals surface area contributed by atoms with Crippen LogP contribution in [0, 0.1) is 5.41 Å². The summed E-state index contributed by atoms with van der Waals surface area (Å²) < 4.78 is 1.60. The molecule has 5 nitrogen and oxygen atoms in total. The van der Waals surface area contributed by atoms with Crippen LogP contribution in [0.4, 0.5) is 0 Å². The van der Waals surface area contributed by atoms with E-state index in [1.165, 1.54) is 0 Å². The van der Waals surface area contributed by atoms with Gasteiger partial charge in [-0.15, -0.1) is 0 Å². The average Bonchev–Trinajstić information content (AvgIpc) is 3.25. The number of carboxylic acid groups (broad SMARTS) is 1. The van der Waals surface area contributed by atoms with E-state index in [1.54, 1.807) is 16.7 Å². The van der Waals surface area contributed by atoms with Gasteiger partial charge in [0.1, 0.15) is 11.2 Å². The van der Waals surface area contributed by atoms with Crippen molar-refractivity contribution in [3.63, 3.8) is 0 Å². The summed E-state index contributed by atoms with van der Waals surface area (Å²) in [6, 6.07) is 9.71. The summed E-state index contributed by atoms with van der Waals surface area (Å²) in [6.07, 6.45) is 7.39. The first-order chi connectivity index (χ1) is 12.1. The van der Waals surface area contributed by atoms with Crippen molar-refractivity contribution in [3.05, 3.63) is 69.4 Å². The fraction of sp³-hybridized carbons (Fsp3) is 0.250. The average molecular weight is 332 g/mol. The standard InChI is InChI=1S/C20H16N2O3/c23-18-14-7-6-13(10-12-4-2-1-3-5-12)17(14)21-16-8-9-20(19(24)25)11-15(20)22(16)18/h1-5,8-10,15H,6-7,11H2,(H,24,25)/b13-10-. The summed E-state index contributed by atoms with van der Waals surface area (Å²) in [7, 11) is 0. The molecule has 0 saturated heterocycles. The van der Waals surface area contributed by atoms with Crippen LogP contribution in [-0.4, -0.2) is 20.6 Å². The minimum atomic E-state index is -0.909. The highest BCUT2D eigenvalue weighted by Crippen LogP contribution is 2.59. The van der Waals surface area contributed by atoms with Crippen molar-refractivity contribution < 1.29 is 9.90 Å². The summed E-state index contributed by atoms with van der Waals surface area (Å²) in [6.45, 7) is 0. The Bertz CT molecular complexity index is 1030. The molecule has 1 N–H and O–H groups in total. The summed E-state index contributed by atoms with van der Waals surface area (Å²) in [4.78, 5) is 29.2. The largest absolute Gasteiger partial charge is 0.481 e. The molecule has 1 aliphatic heterocycles. The number of aliphatic carboxylic acids is 1. The first kappa shape index (κ1) is 14.4. The number of hydrogen-bond donors (Lipinski definition) is 1. The van der Waals surface area contributed by atoms with Gasteiger partial charge in [0, 0.05) is 5.56 Å². The zero-order valence-corrected chi connectivity index (χ0v) is 13.5. The lowest BCUT2D eigenvalue weighted by Gasteiger charge is -2.18. The molecule has 1 aromatic heterocycles. The van der Waals surface area contributed by atoms with Crippen LogP contribution in [0.25, 0.3) is 17.7 Å². The molecule has 2 unspecified atom stereocenters. The smallest absolute Gasteiger partial charge is 0.315 e. The van der Waals surface area contributed by atoms with E-state index in [9.17, 15) is 14.7 Å². The molecule has 124 valence electrons. The van der Waals surface area contributed by atoms with Gasteiger partial charge >= 0.3 is 5.97 Å². The van der Waals surface area contributed by atoms with Gasteiger partial charge < -0.3 is 5.11 Å². The summed E-state index contributed by atoms with van der Waals surface area (Å²) in [5, 5.41) is 9.46. The number of aromatic nitrogens is 2. The van der Waals surface area contributed by atoms with Crippen LogP contribution in [0.15, 0.2) is 41.2 Å². The Kier molecular flexibility index (Phi) is 2.76. The lowest BCUT2D eigenvalue weighted by molar-refractivity contribution is -0.141. The summed E-state index contributed by atoms with van der Waals surface area (Å²) >= 11 is 0. The van der Waals surface area contributed by atoms with Crippen molar-refractivity contribution in [2.45, 2.75) is 25.3 Å². The van der Waals surface area contributed by atoms with Crippen LogP contribution in [0.1, 0.15) is 41.5 Å². The normalized spacial score (nSPS) is 26.9. The van der Waals surface area contributed by atoms with E-state index >= 15 is 0 Å². The molecule has 1 aromatic carbocycles. The quantitative estimate of drug-likeness (QED) is 0.918. The van der Waals surface area contributed by atoms with E-state index in [4.69, 9.17) is 4.98 Å². The SMILES string of the molecule is O=C(O)C12C=Cc3nc4c(c(=O)n3C1C2)CC/C4=C/c1ccccc1. The van der Waals surface area contributed by atoms with Crippen molar-refractivity contribution in [2.75, 3.05) is 0 Å². The maximum Gasteiger partial charge on any atom is 0.315 e. The van der Waals surface area contributed by atoms with Gasteiger partial charge in [0.25, 0.3) is 5.56 Å². The predicted molar refractivity (Wildman–Crippen MR) is 93.9 cm³/mol. The van der Waals surface area contributed by atoms with E-state index in [2.05, 4.69) is 6.08 Å². The van der Waals surface area contributed by atoms with E-state index in [1.807, 2.05) is 30.3 Å². The highest BCUT2D eigenvalue weighted by molar-refractivity contribution is 5.86. The van der Waals surface area contributed by atoms with Gasteiger partial charge in [0.2, 0.25) is 0 Å². The second-order valence-corrected chi connectivity index (χ2v) is 6.95. The van der Waals surface area contributed by atoms with Gasteiger partial charge in [-0.25, -0.2) is 4.98 Å². The topological polar surface area (TPSA) is 72.2 Å². The molecule has 2 aromatic rings. The fourth-order valence-electron chi connectivity index (χ4n) is 4.05. The number of hydrogen-bond acceptors (Lipinski definition) is 3. The molecular formula is C20H16N2O3. The Morgan fingerprint density at radius 2 is 2.08 bits per heavy atom. The van der Waals surface area contributed by atoms with Gasteiger partial charge in [-0.2, -0.15) is 0 Å². The van der Waals surface area contributed by atoms with Crippen LogP contribution in [0.3, 0.4) is 0 Å². The first-order valence-electron chi connectivity index (χ1n) is 8.44. The van der Waals surface area contributed by atoms with E-state index < -0.39 is 11.4 Å². The van der Waals surface area contributed by atoms with Gasteiger partial charge in [0.15, 0.2) is 0 Å². The monoisotopic (exact) mass is 332 g/mol. The third-order valence-electron chi connectivity index (χ3n) is 5.53. The predicted octanol–water partition coefficient (Wildman–Crippen LogP) is 2.77. The number of benzene rings is 1. The number of fused-ring (bicyclic) bond motifs is 4. The number of rotatable bonds is 2. The van der Waals surface area contributed by atoms with E-state index in [0.29, 0.717) is 24.2 Å². The third-order valence-corrected chi connectivity index (χ3v) is 5.53. The molecule has 5 rings (SSSR count). The lowest BCUT2D eigenvalue weighted by atomic mass is 10.0. The zero-order chi connectivity index (χ0) is 17.2. The molecule has 3 aliphatic rings. The van der Waals surface area contributed by atoms with Crippen molar-refractivity contribution in [1.29, 1.82) is 0 Å². The lowest BCUT2D eigenvalue weighted by Crippen LogP contribution is -2.31. The van der Waals surface area contributed by atoms with Crippen LogP contribution in [0.2, 0.25) is 0 Å². The third kappa shape index (κ3) is 1.92. The van der Waals surface area contributed by atoms with Crippen molar-refractivity contribution >= 4 is 23.7 Å². The van der Waals surface area contributed by atoms with Crippen LogP contribution >= 0.6 is 0 Å². The van der Waals surface area contributed by atoms with Crippen LogP contribution in [0.5, 0.6) is 0 Å². The van der Waals surface area contributed by atoms with E-state index in [0.717, 1.165) is 23.3 Å². The fourth-order valence-corrected chi connectivity index (χ4v) is 4.05. The molecule has 0 bridgehead atoms. The minimum absolute atomic E-state index is 0.0751. The van der Waals surface area contributed by atoms with Gasteiger partial charge in [0.05, 0.1) is 11.7 Å². The maximum atomic E-state index is 13.0. The molecule has 2 atom stereocenters. The minimum Gasteiger partial charge on any atom is -0.481 e. The molecule has 2 aliphatic carbocycles. The van der Waals surface area contributed by atoms with Gasteiger partial charge in [-0.1, -0.05) is 36.4 Å². The highest BCUT2D eigenvalue weighted by atomic mass is 16.4. The molecule has 5 heteroatoms. The second kappa shape index (κ2) is 4.79. The molecule has 1 fully saturated rings. The maximum absolute atomic E-state index is 13.0. The summed E-state index contributed by atoms with van der Waals surface area (Å²) in [5.74, 6) is -0.291. The Balaban J connectivity index is 1.64. The van der Waals surface area contributed by atoms with Crippen molar-refractivity contribution in [1.82, 2.24) is 9.55 Å². The Morgan fingerprint density at radius 1 is 1.28 bits per heavy atom. The molecule has 0 amide bonds. The Hall–Kier alpha value is -2.95. The molecular weight excluding hydrogens is 316 g/mol. The first-order valence-corrected chi connectivity index (χ1v) is 8.44. The Labute approximate surface area is 144 Å². The molecule has 0 spiro atoms. The number of carboxylic acids is 1. The summed E-state index contributed by atoms with van der Waals surface area (Å²) in [5.41, 5.74) is 2.66. The second-order valence-electron chi connectivity index (χ2n) is 6.95. The zero-order valence-electron chi connectivity index (χ0n) is 13.5. The highest BCUT2D eigenvalue weighted by Gasteiger charge is 2.62. The van der Waals surface area contributed by atoms with Crippen LogP contribution < -0.4 is 5.56 Å². The Morgan fingerprint density at radius 3 is 2.84 bits per heavy atom. The van der Waals surface area contributed by atoms with Crippen LogP contribution in [-0.2, 0) is 11.2 Å². The number of allylic oxidation sites excluding steroid dienone is 1. The number of nitrogens with zero attached hydrogens (tertiary/aromatic N) is 2. The molecule has 1 saturated carbocycles. The van der Waals surface area contributed by atoms with E-state index in [-0.39, 0.29) is 11.6 Å². The molecule has 25 heavy (non-hydrogen) atoms. The van der Waals surface area contributed by atoms with Crippen molar-refractivity contribution in [3.8, 4) is 0 Å². The molecule has 0 radical (unpaired) electrons. The van der Waals surface area contributed by atoms with Gasteiger partial charge in [-0.3, -0.25) is 14.2 Å². The van der Waals surface area contributed by atoms with Gasteiger partial charge in [-0.05, 0) is 42.6 Å². The van der Waals surface area contributed by atoms with Crippen molar-refractivity contribution in [2.24, 2.45) is 5.41 Å². The molecule has 2 heterocycles. The number of carbonyl (C=O) groups is 1.